The third-order valence-corrected chi connectivity index (χ3v) is 3.33. The molecule has 2 heteroatoms. The standard InChI is InChI=1S/C15H23ClO/c1-2-3-4-5-6-7-8-9-13-10-11-14(16)12-15(13)17/h10-12,17H,2-9H2,1H3. The van der Waals surface area contributed by atoms with Crippen molar-refractivity contribution in [3.8, 4) is 5.75 Å². The number of hydrogen-bond donors (Lipinski definition) is 1. The predicted octanol–water partition coefficient (Wildman–Crippen LogP) is 5.34. The smallest absolute Gasteiger partial charge is 0.120 e. The SMILES string of the molecule is CCCCCCCCCc1ccc(Cl)cc1O. The lowest BCUT2D eigenvalue weighted by atomic mass is 10.0. The Morgan fingerprint density at radius 3 is 2.29 bits per heavy atom. The van der Waals surface area contributed by atoms with Gasteiger partial charge < -0.3 is 5.11 Å². The van der Waals surface area contributed by atoms with E-state index in [-0.39, 0.29) is 0 Å². The van der Waals surface area contributed by atoms with Gasteiger partial charge in [-0.25, -0.2) is 0 Å². The van der Waals surface area contributed by atoms with Crippen LogP contribution in [0.15, 0.2) is 18.2 Å². The van der Waals surface area contributed by atoms with Crippen LogP contribution in [0.4, 0.5) is 0 Å². The molecular weight excluding hydrogens is 232 g/mol. The first-order chi connectivity index (χ1) is 8.24. The molecule has 0 heterocycles. The van der Waals surface area contributed by atoms with E-state index in [2.05, 4.69) is 6.92 Å². The second kappa shape index (κ2) is 8.41. The lowest BCUT2D eigenvalue weighted by Crippen LogP contribution is -1.87. The molecule has 1 aromatic carbocycles. The van der Waals surface area contributed by atoms with Gasteiger partial charge in [0, 0.05) is 5.02 Å². The van der Waals surface area contributed by atoms with E-state index in [1.54, 1.807) is 6.07 Å². The van der Waals surface area contributed by atoms with Crippen LogP contribution in [0.25, 0.3) is 0 Å². The molecule has 0 radical (unpaired) electrons. The van der Waals surface area contributed by atoms with Gasteiger partial charge in [-0.3, -0.25) is 0 Å². The van der Waals surface area contributed by atoms with Crippen LogP contribution in [0, 0.1) is 0 Å². The molecule has 1 N–H and O–H groups in total. The highest BCUT2D eigenvalue weighted by atomic mass is 35.5. The van der Waals surface area contributed by atoms with Crippen molar-refractivity contribution in [2.45, 2.75) is 58.3 Å². The van der Waals surface area contributed by atoms with Gasteiger partial charge in [0.2, 0.25) is 0 Å². The molecule has 0 spiro atoms. The quantitative estimate of drug-likeness (QED) is 0.621. The van der Waals surface area contributed by atoms with Crippen LogP contribution in [0.3, 0.4) is 0 Å². The Bertz CT molecular complexity index is 323. The highest BCUT2D eigenvalue weighted by Gasteiger charge is 2.01. The van der Waals surface area contributed by atoms with Crippen LogP contribution in [0.5, 0.6) is 5.75 Å². The van der Waals surface area contributed by atoms with E-state index in [9.17, 15) is 5.11 Å². The van der Waals surface area contributed by atoms with Crippen LogP contribution >= 0.6 is 11.6 Å². The molecule has 0 bridgehead atoms. The first-order valence-electron chi connectivity index (χ1n) is 6.71. The molecular formula is C15H23ClO. The zero-order valence-electron chi connectivity index (χ0n) is 10.7. The Labute approximate surface area is 110 Å². The fourth-order valence-electron chi connectivity index (χ4n) is 2.02. The minimum Gasteiger partial charge on any atom is -0.508 e. The van der Waals surface area contributed by atoms with E-state index in [1.165, 1.54) is 38.5 Å². The molecule has 0 fully saturated rings. The summed E-state index contributed by atoms with van der Waals surface area (Å²) in [6.07, 6.45) is 10.1. The maximum absolute atomic E-state index is 9.68. The van der Waals surface area contributed by atoms with Crippen molar-refractivity contribution >= 4 is 11.6 Å². The first-order valence-corrected chi connectivity index (χ1v) is 7.09. The molecule has 0 saturated carbocycles. The zero-order valence-corrected chi connectivity index (χ0v) is 11.5. The maximum Gasteiger partial charge on any atom is 0.120 e. The van der Waals surface area contributed by atoms with Crippen molar-refractivity contribution in [3.05, 3.63) is 28.8 Å². The number of halogens is 1. The monoisotopic (exact) mass is 254 g/mol. The molecule has 17 heavy (non-hydrogen) atoms. The van der Waals surface area contributed by atoms with Gasteiger partial charge in [-0.15, -0.1) is 0 Å². The summed E-state index contributed by atoms with van der Waals surface area (Å²) in [5.41, 5.74) is 1.02. The lowest BCUT2D eigenvalue weighted by Gasteiger charge is -2.05. The second-order valence-corrected chi connectivity index (χ2v) is 5.08. The number of aromatic hydroxyl groups is 1. The van der Waals surface area contributed by atoms with Gasteiger partial charge in [-0.1, -0.05) is 63.1 Å². The number of hydrogen-bond acceptors (Lipinski definition) is 1. The van der Waals surface area contributed by atoms with Gasteiger partial charge >= 0.3 is 0 Å². The number of benzene rings is 1. The number of phenolic OH excluding ortho intramolecular Hbond substituents is 1. The normalized spacial score (nSPS) is 10.7. The molecule has 1 rings (SSSR count). The highest BCUT2D eigenvalue weighted by molar-refractivity contribution is 6.30. The average molecular weight is 255 g/mol. The van der Waals surface area contributed by atoms with Crippen molar-refractivity contribution in [3.63, 3.8) is 0 Å². The van der Waals surface area contributed by atoms with Gasteiger partial charge in [0.15, 0.2) is 0 Å². The topological polar surface area (TPSA) is 20.2 Å². The van der Waals surface area contributed by atoms with E-state index in [0.717, 1.165) is 18.4 Å². The van der Waals surface area contributed by atoms with Crippen LogP contribution in [0.2, 0.25) is 5.02 Å². The average Bonchev–Trinajstić information content (AvgIpc) is 2.30. The van der Waals surface area contributed by atoms with Gasteiger partial charge in [-0.05, 0) is 30.5 Å². The molecule has 1 aromatic rings. The predicted molar refractivity (Wildman–Crippen MR) is 74.8 cm³/mol. The number of phenols is 1. The van der Waals surface area contributed by atoms with E-state index >= 15 is 0 Å². The molecule has 0 saturated heterocycles. The Morgan fingerprint density at radius 2 is 1.65 bits per heavy atom. The van der Waals surface area contributed by atoms with Crippen LogP contribution in [0.1, 0.15) is 57.4 Å². The van der Waals surface area contributed by atoms with Crippen LogP contribution < -0.4 is 0 Å². The maximum atomic E-state index is 9.68. The highest BCUT2D eigenvalue weighted by Crippen LogP contribution is 2.23. The van der Waals surface area contributed by atoms with E-state index in [1.807, 2.05) is 12.1 Å². The largest absolute Gasteiger partial charge is 0.508 e. The third kappa shape index (κ3) is 5.97. The summed E-state index contributed by atoms with van der Waals surface area (Å²) in [5, 5.41) is 10.3. The van der Waals surface area contributed by atoms with E-state index in [4.69, 9.17) is 11.6 Å². The summed E-state index contributed by atoms with van der Waals surface area (Å²) in [6.45, 7) is 2.24. The summed E-state index contributed by atoms with van der Waals surface area (Å²) in [7, 11) is 0. The molecule has 1 nitrogen and oxygen atoms in total. The van der Waals surface area contributed by atoms with E-state index in [0.29, 0.717) is 10.8 Å². The number of rotatable bonds is 8. The minimum atomic E-state index is 0.337. The first kappa shape index (κ1) is 14.4. The fraction of sp³-hybridized carbons (Fsp3) is 0.600. The van der Waals surface area contributed by atoms with Crippen molar-refractivity contribution in [1.82, 2.24) is 0 Å². The molecule has 0 unspecified atom stereocenters. The van der Waals surface area contributed by atoms with Crippen LogP contribution in [-0.2, 0) is 6.42 Å². The molecule has 0 aliphatic heterocycles. The summed E-state index contributed by atoms with van der Waals surface area (Å²) >= 11 is 5.79. The zero-order chi connectivity index (χ0) is 12.5. The van der Waals surface area contributed by atoms with Crippen molar-refractivity contribution in [2.24, 2.45) is 0 Å². The molecule has 0 amide bonds. The Balaban J connectivity index is 2.14. The summed E-state index contributed by atoms with van der Waals surface area (Å²) < 4.78 is 0. The van der Waals surface area contributed by atoms with Crippen molar-refractivity contribution in [1.29, 1.82) is 0 Å². The van der Waals surface area contributed by atoms with Gasteiger partial charge in [0.05, 0.1) is 0 Å². The Kier molecular flexibility index (Phi) is 7.11. The number of unbranched alkanes of at least 4 members (excludes halogenated alkanes) is 6. The second-order valence-electron chi connectivity index (χ2n) is 4.64. The molecule has 0 aromatic heterocycles. The fourth-order valence-corrected chi connectivity index (χ4v) is 2.19. The number of aryl methyl sites for hydroxylation is 1. The van der Waals surface area contributed by atoms with Crippen LogP contribution in [-0.4, -0.2) is 5.11 Å². The van der Waals surface area contributed by atoms with Gasteiger partial charge in [-0.2, -0.15) is 0 Å². The molecule has 96 valence electrons. The summed E-state index contributed by atoms with van der Waals surface area (Å²) in [6, 6.07) is 5.39. The lowest BCUT2D eigenvalue weighted by molar-refractivity contribution is 0.466. The molecule has 0 aliphatic rings. The minimum absolute atomic E-state index is 0.337. The molecule has 0 aliphatic carbocycles. The molecule has 0 atom stereocenters. The summed E-state index contributed by atoms with van der Waals surface area (Å²) in [4.78, 5) is 0. The van der Waals surface area contributed by atoms with E-state index < -0.39 is 0 Å². The Morgan fingerprint density at radius 1 is 1.00 bits per heavy atom. The van der Waals surface area contributed by atoms with Gasteiger partial charge in [0.25, 0.3) is 0 Å². The van der Waals surface area contributed by atoms with Gasteiger partial charge in [0.1, 0.15) is 5.75 Å². The Hall–Kier alpha value is -0.690. The third-order valence-electron chi connectivity index (χ3n) is 3.10. The van der Waals surface area contributed by atoms with Crippen molar-refractivity contribution in [2.75, 3.05) is 0 Å². The summed E-state index contributed by atoms with van der Waals surface area (Å²) in [5.74, 6) is 0.337. The van der Waals surface area contributed by atoms with Crippen molar-refractivity contribution < 1.29 is 5.11 Å².